The Hall–Kier alpha value is -0.160. The highest BCUT2D eigenvalue weighted by atomic mass is 16.5. The van der Waals surface area contributed by atoms with Crippen LogP contribution in [0.15, 0.2) is 0 Å². The summed E-state index contributed by atoms with van der Waals surface area (Å²) in [6.45, 7) is 6.87. The van der Waals surface area contributed by atoms with Crippen molar-refractivity contribution in [2.75, 3.05) is 40.0 Å². The number of unbranched alkanes of at least 4 members (excludes halogenated alkanes) is 1. The van der Waals surface area contributed by atoms with Gasteiger partial charge >= 0.3 is 0 Å². The largest absolute Gasteiger partial charge is 0.382 e. The number of rotatable bonds is 11. The van der Waals surface area contributed by atoms with Gasteiger partial charge in [0, 0.05) is 25.8 Å². The van der Waals surface area contributed by atoms with Crippen LogP contribution in [-0.4, -0.2) is 52.1 Å². The molecule has 0 amide bonds. The summed E-state index contributed by atoms with van der Waals surface area (Å²) in [6, 6.07) is 1.35. The van der Waals surface area contributed by atoms with Crippen molar-refractivity contribution in [1.82, 2.24) is 10.6 Å². The smallest absolute Gasteiger partial charge is 0.0700 e. The maximum absolute atomic E-state index is 5.44. The molecule has 2 atom stereocenters. The number of hydrogen-bond donors (Lipinski definition) is 2. The first-order chi connectivity index (χ1) is 9.33. The monoisotopic (exact) mass is 272 g/mol. The van der Waals surface area contributed by atoms with Gasteiger partial charge in [-0.3, -0.25) is 0 Å². The van der Waals surface area contributed by atoms with E-state index >= 15 is 0 Å². The van der Waals surface area contributed by atoms with Gasteiger partial charge in [0.25, 0.3) is 0 Å². The fraction of sp³-hybridized carbons (Fsp3) is 1.00. The SMILES string of the molecule is COCCOCCCCNC(C)CC1CCCCN1. The fourth-order valence-electron chi connectivity index (χ4n) is 2.56. The predicted octanol–water partition coefficient (Wildman–Crippen LogP) is 1.94. The minimum Gasteiger partial charge on any atom is -0.382 e. The van der Waals surface area contributed by atoms with Crippen molar-refractivity contribution in [3.63, 3.8) is 0 Å². The molecule has 1 rings (SSSR count). The Bertz CT molecular complexity index is 197. The van der Waals surface area contributed by atoms with E-state index in [9.17, 15) is 0 Å². The zero-order valence-corrected chi connectivity index (χ0v) is 12.7. The maximum Gasteiger partial charge on any atom is 0.0700 e. The molecule has 0 aromatic carbocycles. The summed E-state index contributed by atoms with van der Waals surface area (Å²) in [4.78, 5) is 0. The van der Waals surface area contributed by atoms with Crippen LogP contribution in [0.1, 0.15) is 45.4 Å². The van der Waals surface area contributed by atoms with Gasteiger partial charge < -0.3 is 20.1 Å². The lowest BCUT2D eigenvalue weighted by Crippen LogP contribution is -2.40. The number of methoxy groups -OCH3 is 1. The van der Waals surface area contributed by atoms with Crippen LogP contribution in [0.5, 0.6) is 0 Å². The van der Waals surface area contributed by atoms with Crippen LogP contribution in [0.2, 0.25) is 0 Å². The van der Waals surface area contributed by atoms with Crippen molar-refractivity contribution >= 4 is 0 Å². The van der Waals surface area contributed by atoms with Crippen LogP contribution in [0, 0.1) is 0 Å². The molecule has 0 radical (unpaired) electrons. The first-order valence-electron chi connectivity index (χ1n) is 7.86. The molecule has 1 saturated heterocycles. The summed E-state index contributed by atoms with van der Waals surface area (Å²) in [5.74, 6) is 0. The Labute approximate surface area is 118 Å². The van der Waals surface area contributed by atoms with Gasteiger partial charge in [-0.15, -0.1) is 0 Å². The summed E-state index contributed by atoms with van der Waals surface area (Å²) in [7, 11) is 1.70. The van der Waals surface area contributed by atoms with E-state index in [1.54, 1.807) is 7.11 Å². The number of piperidine rings is 1. The molecular weight excluding hydrogens is 240 g/mol. The third-order valence-electron chi connectivity index (χ3n) is 3.69. The molecule has 0 aliphatic carbocycles. The predicted molar refractivity (Wildman–Crippen MR) is 79.7 cm³/mol. The second-order valence-electron chi connectivity index (χ2n) is 5.55. The van der Waals surface area contributed by atoms with Gasteiger partial charge in [-0.25, -0.2) is 0 Å². The highest BCUT2D eigenvalue weighted by Crippen LogP contribution is 2.11. The Morgan fingerprint density at radius 2 is 2.11 bits per heavy atom. The van der Waals surface area contributed by atoms with E-state index in [0.717, 1.165) is 25.6 Å². The summed E-state index contributed by atoms with van der Waals surface area (Å²) in [5, 5.41) is 7.22. The number of hydrogen-bond acceptors (Lipinski definition) is 4. The van der Waals surface area contributed by atoms with E-state index < -0.39 is 0 Å². The maximum atomic E-state index is 5.44. The second-order valence-corrected chi connectivity index (χ2v) is 5.55. The quantitative estimate of drug-likeness (QED) is 0.564. The van der Waals surface area contributed by atoms with E-state index in [-0.39, 0.29) is 0 Å². The van der Waals surface area contributed by atoms with E-state index in [1.165, 1.54) is 38.6 Å². The Kier molecular flexibility index (Phi) is 10.4. The zero-order chi connectivity index (χ0) is 13.8. The molecule has 1 heterocycles. The third-order valence-corrected chi connectivity index (χ3v) is 3.69. The van der Waals surface area contributed by atoms with Crippen molar-refractivity contribution in [1.29, 1.82) is 0 Å². The molecule has 0 aromatic heterocycles. The molecule has 19 heavy (non-hydrogen) atoms. The Morgan fingerprint density at radius 1 is 1.21 bits per heavy atom. The zero-order valence-electron chi connectivity index (χ0n) is 12.7. The van der Waals surface area contributed by atoms with Crippen LogP contribution in [-0.2, 0) is 9.47 Å². The average molecular weight is 272 g/mol. The lowest BCUT2D eigenvalue weighted by atomic mass is 9.99. The minimum absolute atomic E-state index is 0.616. The van der Waals surface area contributed by atoms with E-state index in [1.807, 2.05) is 0 Å². The highest BCUT2D eigenvalue weighted by molar-refractivity contribution is 4.76. The normalized spacial score (nSPS) is 21.5. The topological polar surface area (TPSA) is 42.5 Å². The number of nitrogens with one attached hydrogen (secondary N) is 2. The molecule has 0 saturated carbocycles. The summed E-state index contributed by atoms with van der Waals surface area (Å²) in [5.41, 5.74) is 0. The second kappa shape index (κ2) is 11.6. The molecule has 0 bridgehead atoms. The summed E-state index contributed by atoms with van der Waals surface area (Å²) < 4.78 is 10.4. The van der Waals surface area contributed by atoms with Crippen molar-refractivity contribution in [2.45, 2.75) is 57.5 Å². The molecule has 2 unspecified atom stereocenters. The van der Waals surface area contributed by atoms with Crippen LogP contribution in [0.4, 0.5) is 0 Å². The van der Waals surface area contributed by atoms with Gasteiger partial charge in [0.05, 0.1) is 13.2 Å². The van der Waals surface area contributed by atoms with Gasteiger partial charge in [0.15, 0.2) is 0 Å². The fourth-order valence-corrected chi connectivity index (χ4v) is 2.56. The van der Waals surface area contributed by atoms with Crippen LogP contribution in [0.3, 0.4) is 0 Å². The standard InChI is InChI=1S/C15H32N2O2/c1-14(13-15-7-3-4-9-17-15)16-8-5-6-10-19-12-11-18-2/h14-17H,3-13H2,1-2H3. The van der Waals surface area contributed by atoms with Crippen LogP contribution < -0.4 is 10.6 Å². The van der Waals surface area contributed by atoms with E-state index in [2.05, 4.69) is 17.6 Å². The molecule has 1 fully saturated rings. The van der Waals surface area contributed by atoms with Crippen LogP contribution in [0.25, 0.3) is 0 Å². The molecule has 2 N–H and O–H groups in total. The molecule has 4 heteroatoms. The van der Waals surface area contributed by atoms with E-state index in [4.69, 9.17) is 9.47 Å². The van der Waals surface area contributed by atoms with E-state index in [0.29, 0.717) is 19.3 Å². The van der Waals surface area contributed by atoms with Gasteiger partial charge in [-0.2, -0.15) is 0 Å². The molecule has 114 valence electrons. The van der Waals surface area contributed by atoms with Gasteiger partial charge in [0.1, 0.15) is 0 Å². The summed E-state index contributed by atoms with van der Waals surface area (Å²) >= 11 is 0. The minimum atomic E-state index is 0.616. The lowest BCUT2D eigenvalue weighted by Gasteiger charge is -2.26. The van der Waals surface area contributed by atoms with Gasteiger partial charge in [-0.05, 0) is 52.1 Å². The molecule has 0 aromatic rings. The Morgan fingerprint density at radius 3 is 2.84 bits per heavy atom. The third kappa shape index (κ3) is 9.38. The molecule has 1 aliphatic heterocycles. The van der Waals surface area contributed by atoms with Gasteiger partial charge in [-0.1, -0.05) is 6.42 Å². The highest BCUT2D eigenvalue weighted by Gasteiger charge is 2.14. The van der Waals surface area contributed by atoms with Crippen molar-refractivity contribution in [2.24, 2.45) is 0 Å². The average Bonchev–Trinajstić information content (AvgIpc) is 2.43. The first-order valence-corrected chi connectivity index (χ1v) is 7.86. The molecular formula is C15H32N2O2. The lowest BCUT2D eigenvalue weighted by molar-refractivity contribution is 0.0687. The van der Waals surface area contributed by atoms with Crippen molar-refractivity contribution < 1.29 is 9.47 Å². The van der Waals surface area contributed by atoms with Crippen molar-refractivity contribution in [3.8, 4) is 0 Å². The number of ether oxygens (including phenoxy) is 2. The van der Waals surface area contributed by atoms with Gasteiger partial charge in [0.2, 0.25) is 0 Å². The van der Waals surface area contributed by atoms with Crippen LogP contribution >= 0.6 is 0 Å². The molecule has 4 nitrogen and oxygen atoms in total. The molecule has 0 spiro atoms. The molecule has 1 aliphatic rings. The Balaban J connectivity index is 1.85. The van der Waals surface area contributed by atoms with Crippen molar-refractivity contribution in [3.05, 3.63) is 0 Å². The first kappa shape index (κ1) is 16.9. The summed E-state index contributed by atoms with van der Waals surface area (Å²) in [6.07, 6.45) is 7.66.